The number of methoxy groups -OCH3 is 2. The molecule has 3 heterocycles. The highest BCUT2D eigenvalue weighted by Gasteiger charge is 2.19. The van der Waals surface area contributed by atoms with Crippen LogP contribution in [0.2, 0.25) is 5.02 Å². The van der Waals surface area contributed by atoms with E-state index in [0.717, 1.165) is 28.1 Å². The second-order valence-corrected chi connectivity index (χ2v) is 8.37. The fourth-order valence-electron chi connectivity index (χ4n) is 4.23. The summed E-state index contributed by atoms with van der Waals surface area (Å²) < 4.78 is 14.2. The highest BCUT2D eigenvalue weighted by Crippen LogP contribution is 2.30. The molecule has 0 spiro atoms. The van der Waals surface area contributed by atoms with Crippen LogP contribution in [0.1, 0.15) is 11.3 Å². The lowest BCUT2D eigenvalue weighted by Gasteiger charge is -2.10. The predicted molar refractivity (Wildman–Crippen MR) is 133 cm³/mol. The fourth-order valence-corrected chi connectivity index (χ4v) is 4.36. The lowest BCUT2D eigenvalue weighted by molar-refractivity contribution is 0.181. The molecule has 0 aliphatic carbocycles. The van der Waals surface area contributed by atoms with E-state index in [9.17, 15) is 4.79 Å². The molecular weight excluding hydrogens is 452 g/mol. The lowest BCUT2D eigenvalue weighted by atomic mass is 10.1. The number of halogens is 1. The van der Waals surface area contributed by atoms with Crippen molar-refractivity contribution in [2.45, 2.75) is 19.6 Å². The second-order valence-electron chi connectivity index (χ2n) is 7.93. The second kappa shape index (κ2) is 9.29. The van der Waals surface area contributed by atoms with Gasteiger partial charge in [-0.25, -0.2) is 9.50 Å². The average Bonchev–Trinajstić information content (AvgIpc) is 3.23. The van der Waals surface area contributed by atoms with Crippen LogP contribution in [0.4, 0.5) is 0 Å². The number of nitrogens with zero attached hydrogens (tertiary/aromatic N) is 4. The van der Waals surface area contributed by atoms with Crippen LogP contribution in [0.15, 0.2) is 71.8 Å². The number of rotatable bonds is 7. The molecule has 8 heteroatoms. The zero-order valence-electron chi connectivity index (χ0n) is 18.9. The van der Waals surface area contributed by atoms with E-state index in [1.54, 1.807) is 35.7 Å². The number of fused-ring (bicyclic) bond motifs is 3. The van der Waals surface area contributed by atoms with Gasteiger partial charge < -0.3 is 14.0 Å². The Labute approximate surface area is 201 Å². The van der Waals surface area contributed by atoms with Gasteiger partial charge in [0.2, 0.25) is 0 Å². The molecule has 0 bridgehead atoms. The summed E-state index contributed by atoms with van der Waals surface area (Å²) >= 11 is 6.08. The van der Waals surface area contributed by atoms with E-state index in [-0.39, 0.29) is 5.56 Å². The lowest BCUT2D eigenvalue weighted by Crippen LogP contribution is -2.21. The maximum atomic E-state index is 13.3. The number of hydrogen-bond donors (Lipinski definition) is 0. The summed E-state index contributed by atoms with van der Waals surface area (Å²) in [5.74, 6) is 0.816. The molecule has 0 amide bonds. The molecule has 0 radical (unpaired) electrons. The molecule has 0 saturated heterocycles. The number of aromatic nitrogens is 4. The number of hydrogen-bond acceptors (Lipinski definition) is 5. The van der Waals surface area contributed by atoms with Gasteiger partial charge in [0, 0.05) is 31.1 Å². The van der Waals surface area contributed by atoms with Gasteiger partial charge in [-0.3, -0.25) is 4.79 Å². The Morgan fingerprint density at radius 2 is 1.82 bits per heavy atom. The fraction of sp³-hybridized carbons (Fsp3) is 0.192. The van der Waals surface area contributed by atoms with Crippen molar-refractivity contribution in [3.63, 3.8) is 0 Å². The molecule has 0 saturated carbocycles. The third-order valence-corrected chi connectivity index (χ3v) is 6.14. The van der Waals surface area contributed by atoms with E-state index in [1.807, 2.05) is 54.6 Å². The molecule has 0 N–H and O–H groups in total. The van der Waals surface area contributed by atoms with E-state index >= 15 is 0 Å². The Kier molecular flexibility index (Phi) is 6.04. The summed E-state index contributed by atoms with van der Waals surface area (Å²) in [5, 5.41) is 5.91. The smallest absolute Gasteiger partial charge is 0.261 e. The topological polar surface area (TPSA) is 70.7 Å². The van der Waals surface area contributed by atoms with Gasteiger partial charge in [0.15, 0.2) is 5.65 Å². The van der Waals surface area contributed by atoms with Crippen LogP contribution < -0.4 is 10.3 Å². The highest BCUT2D eigenvalue weighted by molar-refractivity contribution is 6.30. The van der Waals surface area contributed by atoms with Crippen LogP contribution in [-0.2, 0) is 24.3 Å². The van der Waals surface area contributed by atoms with Gasteiger partial charge in [0.25, 0.3) is 5.56 Å². The third kappa shape index (κ3) is 3.93. The van der Waals surface area contributed by atoms with Crippen molar-refractivity contribution in [1.82, 2.24) is 19.2 Å². The Balaban J connectivity index is 1.58. The van der Waals surface area contributed by atoms with Gasteiger partial charge in [-0.2, -0.15) is 5.10 Å². The van der Waals surface area contributed by atoms with Crippen LogP contribution in [-0.4, -0.2) is 33.4 Å². The molecule has 34 heavy (non-hydrogen) atoms. The first-order valence-electron chi connectivity index (χ1n) is 10.9. The highest BCUT2D eigenvalue weighted by atomic mass is 35.5. The molecule has 5 rings (SSSR count). The Hall–Kier alpha value is -3.68. The summed E-state index contributed by atoms with van der Waals surface area (Å²) in [6, 6.07) is 17.3. The molecule has 0 unspecified atom stereocenters. The average molecular weight is 475 g/mol. The normalized spacial score (nSPS) is 11.4. The summed E-state index contributed by atoms with van der Waals surface area (Å²) in [5.41, 5.74) is 4.83. The van der Waals surface area contributed by atoms with Gasteiger partial charge in [-0.05, 0) is 41.8 Å². The van der Waals surface area contributed by atoms with E-state index in [4.69, 9.17) is 26.2 Å². The maximum Gasteiger partial charge on any atom is 0.261 e. The first-order chi connectivity index (χ1) is 16.6. The number of para-hydroxylation sites is 1. The zero-order chi connectivity index (χ0) is 23.7. The van der Waals surface area contributed by atoms with Crippen molar-refractivity contribution in [2.75, 3.05) is 14.2 Å². The Morgan fingerprint density at radius 1 is 1.03 bits per heavy atom. The first kappa shape index (κ1) is 22.1. The van der Waals surface area contributed by atoms with Crippen LogP contribution in [0, 0.1) is 0 Å². The maximum absolute atomic E-state index is 13.3. The van der Waals surface area contributed by atoms with Crippen LogP contribution in [0.25, 0.3) is 27.7 Å². The number of benzene rings is 2. The summed E-state index contributed by atoms with van der Waals surface area (Å²) in [6.07, 6.45) is 4.11. The van der Waals surface area contributed by atoms with Gasteiger partial charge in [0.1, 0.15) is 5.75 Å². The van der Waals surface area contributed by atoms with Crippen molar-refractivity contribution in [3.8, 4) is 16.9 Å². The van der Waals surface area contributed by atoms with Gasteiger partial charge in [0.05, 0.1) is 35.9 Å². The zero-order valence-corrected chi connectivity index (χ0v) is 19.6. The van der Waals surface area contributed by atoms with E-state index in [0.29, 0.717) is 41.1 Å². The van der Waals surface area contributed by atoms with Gasteiger partial charge >= 0.3 is 0 Å². The molecule has 0 fully saturated rings. The number of aryl methyl sites for hydroxylation is 2. The molecule has 0 aliphatic heterocycles. The van der Waals surface area contributed by atoms with E-state index in [1.165, 1.54) is 0 Å². The minimum atomic E-state index is -0.112. The molecule has 172 valence electrons. The first-order valence-corrected chi connectivity index (χ1v) is 11.2. The quantitative estimate of drug-likeness (QED) is 0.340. The molecule has 2 aromatic carbocycles. The molecule has 7 nitrogen and oxygen atoms in total. The van der Waals surface area contributed by atoms with E-state index < -0.39 is 0 Å². The monoisotopic (exact) mass is 474 g/mol. The van der Waals surface area contributed by atoms with Crippen LogP contribution in [0.3, 0.4) is 0 Å². The minimum Gasteiger partial charge on any atom is -0.496 e. The summed E-state index contributed by atoms with van der Waals surface area (Å²) in [4.78, 5) is 17.9. The van der Waals surface area contributed by atoms with Crippen molar-refractivity contribution < 1.29 is 9.47 Å². The van der Waals surface area contributed by atoms with Crippen molar-refractivity contribution in [2.24, 2.45) is 0 Å². The summed E-state index contributed by atoms with van der Waals surface area (Å²) in [7, 11) is 3.28. The Bertz CT molecular complexity index is 1540. The van der Waals surface area contributed by atoms with Crippen molar-refractivity contribution in [1.29, 1.82) is 0 Å². The molecule has 3 aromatic heterocycles. The minimum absolute atomic E-state index is 0.112. The van der Waals surface area contributed by atoms with Gasteiger partial charge in [-0.1, -0.05) is 41.9 Å². The molecule has 0 aliphatic rings. The van der Waals surface area contributed by atoms with Crippen LogP contribution >= 0.6 is 11.6 Å². The summed E-state index contributed by atoms with van der Waals surface area (Å²) in [6.45, 7) is 0.843. The largest absolute Gasteiger partial charge is 0.496 e. The predicted octanol–water partition coefficient (Wildman–Crippen LogP) is 4.76. The third-order valence-electron chi connectivity index (χ3n) is 5.89. The molecule has 0 atom stereocenters. The Morgan fingerprint density at radius 3 is 2.59 bits per heavy atom. The van der Waals surface area contributed by atoms with Gasteiger partial charge in [-0.15, -0.1) is 0 Å². The van der Waals surface area contributed by atoms with Crippen LogP contribution in [0.5, 0.6) is 5.75 Å². The number of pyridine rings is 1. The molecule has 5 aromatic rings. The molecular formula is C26H23ClN4O3. The van der Waals surface area contributed by atoms with E-state index in [2.05, 4.69) is 4.98 Å². The standard InChI is InChI=1S/C26H23ClN4O3/c1-33-16-21-24(18-7-9-19(27)10-8-18)25-28-15-20-22(31(25)29-21)12-14-30(26(20)32)13-11-17-5-3-4-6-23(17)34-2/h3-10,12,14-15H,11,13,16H2,1-2H3. The van der Waals surface area contributed by atoms with Crippen molar-refractivity contribution in [3.05, 3.63) is 93.6 Å². The van der Waals surface area contributed by atoms with Crippen molar-refractivity contribution >= 4 is 28.2 Å². The SMILES string of the molecule is COCc1nn2c(ncc3c(=O)n(CCc4ccccc4OC)ccc32)c1-c1ccc(Cl)cc1. The number of ether oxygens (including phenoxy) is 2.